The molecule has 0 aromatic heterocycles. The maximum Gasteiger partial charge on any atom is 0.309 e. The number of carbonyl (C=O) groups is 3. The van der Waals surface area contributed by atoms with Gasteiger partial charge in [0.1, 0.15) is 0 Å². The van der Waals surface area contributed by atoms with Crippen molar-refractivity contribution in [1.29, 1.82) is 0 Å². The van der Waals surface area contributed by atoms with E-state index in [1.165, 1.54) is 32.1 Å². The number of carbonyl (C=O) groups excluding carboxylic acids is 1. The lowest BCUT2D eigenvalue weighted by Crippen LogP contribution is -2.38. The number of aliphatic carboxylic acids is 2. The van der Waals surface area contributed by atoms with Crippen LogP contribution in [0.25, 0.3) is 0 Å². The van der Waals surface area contributed by atoms with Crippen LogP contribution in [0.5, 0.6) is 0 Å². The fraction of sp³-hybridized carbons (Fsp3) is 0.842. The fourth-order valence-electron chi connectivity index (χ4n) is 3.47. The second-order valence-corrected chi connectivity index (χ2v) is 7.04. The van der Waals surface area contributed by atoms with Gasteiger partial charge >= 0.3 is 17.9 Å². The molecule has 1 fully saturated rings. The van der Waals surface area contributed by atoms with Crippen LogP contribution >= 0.6 is 0 Å². The topological polar surface area (TPSA) is 101 Å². The molecule has 0 radical (unpaired) electrons. The number of carboxylic acid groups (broad SMARTS) is 2. The van der Waals surface area contributed by atoms with Crippen LogP contribution in [0.4, 0.5) is 0 Å². The minimum atomic E-state index is -1.11. The van der Waals surface area contributed by atoms with Crippen LogP contribution in [0.2, 0.25) is 0 Å². The van der Waals surface area contributed by atoms with E-state index in [-0.39, 0.29) is 12.8 Å². The van der Waals surface area contributed by atoms with Crippen molar-refractivity contribution in [3.63, 3.8) is 0 Å². The van der Waals surface area contributed by atoms with Gasteiger partial charge in [-0.3, -0.25) is 14.4 Å². The van der Waals surface area contributed by atoms with E-state index in [9.17, 15) is 19.5 Å². The van der Waals surface area contributed by atoms with Crippen molar-refractivity contribution in [3.05, 3.63) is 0 Å². The van der Waals surface area contributed by atoms with Gasteiger partial charge in [0.2, 0.25) is 0 Å². The monoisotopic (exact) mass is 356 g/mol. The third-order valence-electron chi connectivity index (χ3n) is 5.06. The summed E-state index contributed by atoms with van der Waals surface area (Å²) in [6, 6.07) is 0. The van der Waals surface area contributed by atoms with Gasteiger partial charge in [0.25, 0.3) is 0 Å². The smallest absolute Gasteiger partial charge is 0.309 e. The lowest BCUT2D eigenvalue weighted by molar-refractivity contribution is -0.163. The van der Waals surface area contributed by atoms with Crippen LogP contribution in [0.15, 0.2) is 0 Å². The average Bonchev–Trinajstić information content (AvgIpc) is 2.59. The zero-order valence-electron chi connectivity index (χ0n) is 15.2. The second kappa shape index (κ2) is 11.9. The molecule has 0 saturated heterocycles. The number of hydrogen-bond acceptors (Lipinski definition) is 4. The normalized spacial score (nSPS) is 23.2. The summed E-state index contributed by atoms with van der Waals surface area (Å²) < 4.78 is 5.25. The first-order valence-corrected chi connectivity index (χ1v) is 9.59. The van der Waals surface area contributed by atoms with Crippen molar-refractivity contribution in [2.24, 2.45) is 17.8 Å². The summed E-state index contributed by atoms with van der Waals surface area (Å²) in [6.45, 7) is 2.51. The Morgan fingerprint density at radius 1 is 0.840 bits per heavy atom. The molecule has 3 atom stereocenters. The quantitative estimate of drug-likeness (QED) is 0.406. The number of hydrogen-bond donors (Lipinski definition) is 2. The minimum absolute atomic E-state index is 0.00218. The zero-order valence-corrected chi connectivity index (χ0v) is 15.2. The second-order valence-electron chi connectivity index (χ2n) is 7.04. The fourth-order valence-corrected chi connectivity index (χ4v) is 3.47. The standard InChI is InChI=1S/C19H32O6/c1-2-3-4-5-6-7-8-9-12-25-19(24)15-11-10-14(17(20)21)13-16(15)18(22)23/h14-16H,2-13H2,1H3,(H,20,21)(H,22,23). The van der Waals surface area contributed by atoms with E-state index in [1.807, 2.05) is 0 Å². The van der Waals surface area contributed by atoms with E-state index in [1.54, 1.807) is 0 Å². The molecule has 0 aromatic rings. The summed E-state index contributed by atoms with van der Waals surface area (Å²) in [5.41, 5.74) is 0. The Hall–Kier alpha value is -1.59. The summed E-state index contributed by atoms with van der Waals surface area (Å²) >= 11 is 0. The Morgan fingerprint density at radius 2 is 1.44 bits per heavy atom. The highest BCUT2D eigenvalue weighted by molar-refractivity contribution is 5.82. The van der Waals surface area contributed by atoms with E-state index in [0.717, 1.165) is 19.3 Å². The van der Waals surface area contributed by atoms with Crippen molar-refractivity contribution in [2.45, 2.75) is 77.6 Å². The number of rotatable bonds is 12. The number of ether oxygens (including phenoxy) is 1. The molecule has 6 nitrogen and oxygen atoms in total. The molecule has 0 heterocycles. The van der Waals surface area contributed by atoms with Crippen molar-refractivity contribution in [1.82, 2.24) is 0 Å². The van der Waals surface area contributed by atoms with Gasteiger partial charge in [-0.1, -0.05) is 51.9 Å². The van der Waals surface area contributed by atoms with E-state index < -0.39 is 35.7 Å². The van der Waals surface area contributed by atoms with Crippen molar-refractivity contribution >= 4 is 17.9 Å². The zero-order chi connectivity index (χ0) is 18.7. The molecule has 6 heteroatoms. The molecular formula is C19H32O6. The van der Waals surface area contributed by atoms with E-state index in [2.05, 4.69) is 6.92 Å². The molecule has 3 unspecified atom stereocenters. The Balaban J connectivity index is 2.24. The highest BCUT2D eigenvalue weighted by Gasteiger charge is 2.42. The minimum Gasteiger partial charge on any atom is -0.481 e. The molecule has 1 saturated carbocycles. The molecule has 0 spiro atoms. The highest BCUT2D eigenvalue weighted by atomic mass is 16.5. The number of carboxylic acids is 2. The largest absolute Gasteiger partial charge is 0.481 e. The molecular weight excluding hydrogens is 324 g/mol. The maximum atomic E-state index is 12.2. The molecule has 0 aliphatic heterocycles. The molecule has 0 bridgehead atoms. The van der Waals surface area contributed by atoms with Crippen LogP contribution in [-0.4, -0.2) is 34.7 Å². The van der Waals surface area contributed by atoms with Crippen LogP contribution in [0.3, 0.4) is 0 Å². The summed E-state index contributed by atoms with van der Waals surface area (Å²) in [5.74, 6) is -4.95. The van der Waals surface area contributed by atoms with Crippen molar-refractivity contribution < 1.29 is 29.3 Å². The third kappa shape index (κ3) is 7.88. The summed E-state index contributed by atoms with van der Waals surface area (Å²) in [5, 5.41) is 18.3. The van der Waals surface area contributed by atoms with E-state index in [0.29, 0.717) is 13.0 Å². The molecule has 1 aliphatic rings. The Bertz CT molecular complexity index is 434. The number of unbranched alkanes of at least 4 members (excludes halogenated alkanes) is 7. The van der Waals surface area contributed by atoms with Crippen LogP contribution < -0.4 is 0 Å². The van der Waals surface area contributed by atoms with Gasteiger partial charge in [-0.05, 0) is 25.7 Å². The van der Waals surface area contributed by atoms with Crippen molar-refractivity contribution in [2.75, 3.05) is 6.61 Å². The predicted molar refractivity (Wildman–Crippen MR) is 93.2 cm³/mol. The SMILES string of the molecule is CCCCCCCCCCOC(=O)C1CCC(C(=O)O)CC1C(=O)O. The van der Waals surface area contributed by atoms with Gasteiger partial charge in [0.05, 0.1) is 24.4 Å². The lowest BCUT2D eigenvalue weighted by atomic mass is 9.74. The molecule has 2 N–H and O–H groups in total. The molecule has 1 aliphatic carbocycles. The van der Waals surface area contributed by atoms with Crippen LogP contribution in [-0.2, 0) is 19.1 Å². The average molecular weight is 356 g/mol. The Kier molecular flexibility index (Phi) is 10.2. The van der Waals surface area contributed by atoms with Gasteiger partial charge < -0.3 is 14.9 Å². The van der Waals surface area contributed by atoms with Crippen LogP contribution in [0, 0.1) is 17.8 Å². The van der Waals surface area contributed by atoms with Gasteiger partial charge in [-0.25, -0.2) is 0 Å². The Labute approximate surface area is 149 Å². The molecule has 25 heavy (non-hydrogen) atoms. The third-order valence-corrected chi connectivity index (χ3v) is 5.06. The molecule has 144 valence electrons. The first-order valence-electron chi connectivity index (χ1n) is 9.59. The Morgan fingerprint density at radius 3 is 2.00 bits per heavy atom. The first-order chi connectivity index (χ1) is 12.0. The summed E-state index contributed by atoms with van der Waals surface area (Å²) in [6.07, 6.45) is 9.78. The molecule has 0 amide bonds. The summed E-state index contributed by atoms with van der Waals surface area (Å²) in [4.78, 5) is 34.6. The molecule has 1 rings (SSSR count). The lowest BCUT2D eigenvalue weighted by Gasteiger charge is -2.30. The molecule has 0 aromatic carbocycles. The van der Waals surface area contributed by atoms with E-state index in [4.69, 9.17) is 9.84 Å². The van der Waals surface area contributed by atoms with Crippen molar-refractivity contribution in [3.8, 4) is 0 Å². The predicted octanol–water partition coefficient (Wildman–Crippen LogP) is 3.87. The van der Waals surface area contributed by atoms with Crippen LogP contribution in [0.1, 0.15) is 77.6 Å². The van der Waals surface area contributed by atoms with Gasteiger partial charge in [-0.2, -0.15) is 0 Å². The first kappa shape index (κ1) is 21.5. The van der Waals surface area contributed by atoms with Gasteiger partial charge in [0, 0.05) is 0 Å². The van der Waals surface area contributed by atoms with E-state index >= 15 is 0 Å². The maximum absolute atomic E-state index is 12.2. The van der Waals surface area contributed by atoms with Gasteiger partial charge in [-0.15, -0.1) is 0 Å². The highest BCUT2D eigenvalue weighted by Crippen LogP contribution is 2.35. The summed E-state index contributed by atoms with van der Waals surface area (Å²) in [7, 11) is 0. The number of esters is 1. The van der Waals surface area contributed by atoms with Gasteiger partial charge in [0.15, 0.2) is 0 Å².